The first kappa shape index (κ1) is 15.0. The van der Waals surface area contributed by atoms with Gasteiger partial charge in [0, 0.05) is 5.69 Å². The van der Waals surface area contributed by atoms with Crippen molar-refractivity contribution in [3.63, 3.8) is 0 Å². The number of nitriles is 1. The minimum Gasteiger partial charge on any atom is -0.338 e. The fourth-order valence-electron chi connectivity index (χ4n) is 2.34. The molecule has 1 heterocycles. The molecule has 4 heteroatoms. The van der Waals surface area contributed by atoms with E-state index in [-0.39, 0.29) is 0 Å². The number of nitrogens with one attached hydrogen (secondary N) is 1. The van der Waals surface area contributed by atoms with Crippen molar-refractivity contribution >= 4 is 11.5 Å². The van der Waals surface area contributed by atoms with E-state index in [1.165, 1.54) is 11.1 Å². The van der Waals surface area contributed by atoms with Crippen LogP contribution in [0.15, 0.2) is 18.2 Å². The Morgan fingerprint density at radius 3 is 2.43 bits per heavy atom. The lowest BCUT2D eigenvalue weighted by Crippen LogP contribution is -2.07. The molecule has 0 aliphatic carbocycles. The molecule has 0 fully saturated rings. The molecule has 21 heavy (non-hydrogen) atoms. The summed E-state index contributed by atoms with van der Waals surface area (Å²) in [5, 5.41) is 21.1. The van der Waals surface area contributed by atoms with Crippen LogP contribution in [0.25, 0.3) is 0 Å². The summed E-state index contributed by atoms with van der Waals surface area (Å²) in [5.74, 6) is 0.537. The van der Waals surface area contributed by atoms with E-state index in [9.17, 15) is 5.26 Å². The van der Waals surface area contributed by atoms with Crippen LogP contribution >= 0.6 is 0 Å². The van der Waals surface area contributed by atoms with Crippen molar-refractivity contribution in [1.29, 1.82) is 5.26 Å². The molecule has 1 aromatic heterocycles. The maximum absolute atomic E-state index is 9.47. The summed E-state index contributed by atoms with van der Waals surface area (Å²) in [6, 6.07) is 8.37. The number of aryl methyl sites for hydroxylation is 3. The topological polar surface area (TPSA) is 61.6 Å². The smallest absolute Gasteiger partial charge is 0.171 e. The number of rotatable bonds is 4. The van der Waals surface area contributed by atoms with E-state index in [0.29, 0.717) is 11.4 Å². The number of nitrogens with zero attached hydrogens (tertiary/aromatic N) is 3. The van der Waals surface area contributed by atoms with Gasteiger partial charge >= 0.3 is 0 Å². The fourth-order valence-corrected chi connectivity index (χ4v) is 2.34. The first-order valence-corrected chi connectivity index (χ1v) is 7.23. The van der Waals surface area contributed by atoms with E-state index in [4.69, 9.17) is 0 Å². The second-order valence-electron chi connectivity index (χ2n) is 5.09. The lowest BCUT2D eigenvalue weighted by atomic mass is 10.0. The lowest BCUT2D eigenvalue weighted by molar-refractivity contribution is 0.877. The summed E-state index contributed by atoms with van der Waals surface area (Å²) >= 11 is 0. The molecule has 0 unspecified atom stereocenters. The molecule has 1 aromatic carbocycles. The maximum atomic E-state index is 9.47. The Labute approximate surface area is 125 Å². The number of hydrogen-bond acceptors (Lipinski definition) is 4. The van der Waals surface area contributed by atoms with Crippen molar-refractivity contribution in [2.24, 2.45) is 0 Å². The monoisotopic (exact) mass is 280 g/mol. The summed E-state index contributed by atoms with van der Waals surface area (Å²) in [6.07, 6.45) is 1.57. The van der Waals surface area contributed by atoms with Gasteiger partial charge in [0.1, 0.15) is 11.6 Å². The summed E-state index contributed by atoms with van der Waals surface area (Å²) in [7, 11) is 0. The van der Waals surface area contributed by atoms with Crippen LogP contribution in [0.4, 0.5) is 11.5 Å². The van der Waals surface area contributed by atoms with Crippen molar-refractivity contribution in [2.75, 3.05) is 5.32 Å². The Balaban J connectivity index is 2.44. The van der Waals surface area contributed by atoms with E-state index in [0.717, 1.165) is 29.8 Å². The highest BCUT2D eigenvalue weighted by molar-refractivity contribution is 5.65. The van der Waals surface area contributed by atoms with Crippen LogP contribution < -0.4 is 5.32 Å². The van der Waals surface area contributed by atoms with Crippen LogP contribution in [0.5, 0.6) is 0 Å². The van der Waals surface area contributed by atoms with E-state index < -0.39 is 0 Å². The number of benzene rings is 1. The van der Waals surface area contributed by atoms with E-state index in [1.807, 2.05) is 19.9 Å². The second kappa shape index (κ2) is 6.36. The highest BCUT2D eigenvalue weighted by Crippen LogP contribution is 2.24. The van der Waals surface area contributed by atoms with Gasteiger partial charge in [0.05, 0.1) is 5.69 Å². The third-order valence-corrected chi connectivity index (χ3v) is 3.73. The molecule has 0 saturated heterocycles. The normalized spacial score (nSPS) is 10.2. The predicted molar refractivity (Wildman–Crippen MR) is 84.7 cm³/mol. The quantitative estimate of drug-likeness (QED) is 0.924. The van der Waals surface area contributed by atoms with Crippen molar-refractivity contribution in [1.82, 2.24) is 10.2 Å². The molecule has 0 amide bonds. The van der Waals surface area contributed by atoms with Gasteiger partial charge in [0.15, 0.2) is 5.82 Å². The van der Waals surface area contributed by atoms with Gasteiger partial charge in [-0.15, -0.1) is 5.10 Å². The molecule has 0 radical (unpaired) electrons. The predicted octanol–water partition coefficient (Wildman–Crippen LogP) is 3.83. The molecule has 0 aliphatic heterocycles. The summed E-state index contributed by atoms with van der Waals surface area (Å²) in [5.41, 5.74) is 5.86. The molecule has 2 rings (SSSR count). The van der Waals surface area contributed by atoms with Crippen molar-refractivity contribution < 1.29 is 0 Å². The van der Waals surface area contributed by atoms with Crippen molar-refractivity contribution in [3.8, 4) is 6.07 Å². The van der Waals surface area contributed by atoms with Gasteiger partial charge < -0.3 is 5.32 Å². The Hall–Kier alpha value is -2.41. The average molecular weight is 280 g/mol. The molecule has 0 atom stereocenters. The summed E-state index contributed by atoms with van der Waals surface area (Å²) in [6.45, 7) is 8.21. The number of anilines is 2. The Kier molecular flexibility index (Phi) is 4.54. The van der Waals surface area contributed by atoms with E-state index >= 15 is 0 Å². The fraction of sp³-hybridized carbons (Fsp3) is 0.353. The Morgan fingerprint density at radius 1 is 1.10 bits per heavy atom. The molecular weight excluding hydrogens is 260 g/mol. The minimum absolute atomic E-state index is 0.537. The van der Waals surface area contributed by atoms with Gasteiger partial charge in [-0.1, -0.05) is 19.9 Å². The molecule has 0 spiro atoms. The standard InChI is InChI=1S/C17H20N4/c1-5-14-15(10-18)17(21-20-16(14)6-2)19-13-8-7-11(3)12(4)9-13/h7-9H,5-6H2,1-4H3,(H,19,21). The maximum Gasteiger partial charge on any atom is 0.171 e. The van der Waals surface area contributed by atoms with Crippen LogP contribution in [-0.4, -0.2) is 10.2 Å². The van der Waals surface area contributed by atoms with Crippen LogP contribution in [0, 0.1) is 25.2 Å². The zero-order valence-electron chi connectivity index (χ0n) is 13.0. The van der Waals surface area contributed by atoms with Gasteiger partial charge in [-0.05, 0) is 55.5 Å². The molecule has 1 N–H and O–H groups in total. The van der Waals surface area contributed by atoms with Crippen LogP contribution in [0.2, 0.25) is 0 Å². The molecule has 0 aliphatic rings. The van der Waals surface area contributed by atoms with Gasteiger partial charge in [0.2, 0.25) is 0 Å². The molecule has 0 saturated carbocycles. The summed E-state index contributed by atoms with van der Waals surface area (Å²) < 4.78 is 0. The van der Waals surface area contributed by atoms with Crippen LogP contribution in [0.1, 0.15) is 41.8 Å². The van der Waals surface area contributed by atoms with Gasteiger partial charge in [0.25, 0.3) is 0 Å². The zero-order chi connectivity index (χ0) is 15.4. The SMILES string of the molecule is CCc1nnc(Nc2ccc(C)c(C)c2)c(C#N)c1CC. The number of aromatic nitrogens is 2. The first-order valence-electron chi connectivity index (χ1n) is 7.23. The van der Waals surface area contributed by atoms with Gasteiger partial charge in [-0.3, -0.25) is 0 Å². The molecule has 4 nitrogen and oxygen atoms in total. The van der Waals surface area contributed by atoms with E-state index in [1.54, 1.807) is 0 Å². The highest BCUT2D eigenvalue weighted by atomic mass is 15.2. The van der Waals surface area contributed by atoms with Gasteiger partial charge in [-0.25, -0.2) is 0 Å². The first-order chi connectivity index (χ1) is 10.1. The summed E-state index contributed by atoms with van der Waals surface area (Å²) in [4.78, 5) is 0. The lowest BCUT2D eigenvalue weighted by Gasteiger charge is -2.12. The average Bonchev–Trinajstić information content (AvgIpc) is 2.50. The Bertz CT molecular complexity index is 699. The Morgan fingerprint density at radius 2 is 1.86 bits per heavy atom. The third-order valence-electron chi connectivity index (χ3n) is 3.73. The van der Waals surface area contributed by atoms with Crippen LogP contribution in [0.3, 0.4) is 0 Å². The van der Waals surface area contributed by atoms with Crippen molar-refractivity contribution in [2.45, 2.75) is 40.5 Å². The van der Waals surface area contributed by atoms with E-state index in [2.05, 4.69) is 47.6 Å². The van der Waals surface area contributed by atoms with Crippen molar-refractivity contribution in [3.05, 3.63) is 46.1 Å². The number of hydrogen-bond donors (Lipinski definition) is 1. The molecular formula is C17H20N4. The minimum atomic E-state index is 0.537. The van der Waals surface area contributed by atoms with Crippen LogP contribution in [-0.2, 0) is 12.8 Å². The van der Waals surface area contributed by atoms with Gasteiger partial charge in [-0.2, -0.15) is 10.4 Å². The molecule has 108 valence electrons. The third kappa shape index (κ3) is 3.03. The largest absolute Gasteiger partial charge is 0.338 e. The second-order valence-corrected chi connectivity index (χ2v) is 5.09. The molecule has 0 bridgehead atoms. The molecule has 2 aromatic rings. The highest BCUT2D eigenvalue weighted by Gasteiger charge is 2.14. The zero-order valence-corrected chi connectivity index (χ0v) is 13.0.